The van der Waals surface area contributed by atoms with E-state index in [-0.39, 0.29) is 28.5 Å². The third kappa shape index (κ3) is 8.74. The number of hydrogen-bond acceptors (Lipinski definition) is 6. The van der Waals surface area contributed by atoms with E-state index in [1.807, 2.05) is 18.2 Å². The predicted molar refractivity (Wildman–Crippen MR) is 150 cm³/mol. The van der Waals surface area contributed by atoms with Crippen LogP contribution >= 0.6 is 27.7 Å². The van der Waals surface area contributed by atoms with Crippen LogP contribution in [0.1, 0.15) is 27.7 Å². The first-order chi connectivity index (χ1) is 15.6. The summed E-state index contributed by atoms with van der Waals surface area (Å²) in [5.74, 6) is -0.329. The number of rotatable bonds is 10. The van der Waals surface area contributed by atoms with Gasteiger partial charge < -0.3 is 18.6 Å². The van der Waals surface area contributed by atoms with Crippen LogP contribution in [0.25, 0.3) is 0 Å². The first-order valence-corrected chi connectivity index (χ1v) is 20.7. The van der Waals surface area contributed by atoms with Crippen LogP contribution < -0.4 is 0 Å². The lowest BCUT2D eigenvalue weighted by Gasteiger charge is -2.49. The summed E-state index contributed by atoms with van der Waals surface area (Å²) in [6.45, 7) is 20.3. The van der Waals surface area contributed by atoms with Crippen molar-refractivity contribution in [2.24, 2.45) is 0 Å². The fourth-order valence-electron chi connectivity index (χ4n) is 3.38. The van der Waals surface area contributed by atoms with Crippen molar-refractivity contribution in [3.63, 3.8) is 0 Å². The van der Waals surface area contributed by atoms with E-state index >= 15 is 0 Å². The Morgan fingerprint density at radius 2 is 1.71 bits per heavy atom. The molecule has 0 amide bonds. The zero-order valence-corrected chi connectivity index (χ0v) is 26.6. The topological polar surface area (TPSA) is 54.0 Å². The van der Waals surface area contributed by atoms with Gasteiger partial charge in [-0.25, -0.2) is 0 Å². The van der Waals surface area contributed by atoms with Gasteiger partial charge in [0.05, 0.1) is 5.25 Å². The number of benzene rings is 1. The zero-order valence-electron chi connectivity index (χ0n) is 22.2. The summed E-state index contributed by atoms with van der Waals surface area (Å²) >= 11 is 5.27. The van der Waals surface area contributed by atoms with E-state index in [0.717, 1.165) is 10.9 Å². The minimum atomic E-state index is -2.20. The smallest absolute Gasteiger partial charge is 0.303 e. The normalized spacial score (nSPS) is 26.4. The van der Waals surface area contributed by atoms with Crippen LogP contribution in [0, 0.1) is 0 Å². The van der Waals surface area contributed by atoms with Crippen LogP contribution in [0.4, 0.5) is 0 Å². The summed E-state index contributed by atoms with van der Waals surface area (Å²) in [7, 11) is -3.47. The molecular weight excluding hydrogens is 548 g/mol. The Labute approximate surface area is 221 Å². The molecule has 1 aromatic carbocycles. The van der Waals surface area contributed by atoms with Gasteiger partial charge in [0, 0.05) is 31.8 Å². The van der Waals surface area contributed by atoms with E-state index in [1.54, 1.807) is 11.8 Å². The number of esters is 1. The highest BCUT2D eigenvalue weighted by atomic mass is 79.9. The number of alkyl halides is 1. The molecule has 1 saturated heterocycles. The lowest BCUT2D eigenvalue weighted by molar-refractivity contribution is -0.242. The molecule has 0 radical (unpaired) electrons. The van der Waals surface area contributed by atoms with Gasteiger partial charge in [0.15, 0.2) is 20.7 Å². The third-order valence-electron chi connectivity index (χ3n) is 6.43. The van der Waals surface area contributed by atoms with E-state index in [0.29, 0.717) is 11.9 Å². The third-order valence-corrected chi connectivity index (χ3v) is 14.6. The van der Waals surface area contributed by atoms with Gasteiger partial charge in [-0.1, -0.05) is 74.5 Å². The van der Waals surface area contributed by atoms with Crippen LogP contribution in [0.5, 0.6) is 0 Å². The second-order valence-corrected chi connectivity index (χ2v) is 24.0. The van der Waals surface area contributed by atoms with Gasteiger partial charge >= 0.3 is 5.97 Å². The molecule has 0 unspecified atom stereocenters. The van der Waals surface area contributed by atoms with Crippen molar-refractivity contribution < 1.29 is 23.4 Å². The SMILES string of the molecule is CC(=O)O[C@H]1[C@H](O[Si](C)(C)C(C)(C)C)[C@@H](Sc2ccccc2)[C@H](OCC[Si](C)(C)C)O[C@@H]1CBr. The molecule has 0 spiro atoms. The van der Waals surface area contributed by atoms with Crippen molar-refractivity contribution in [1.82, 2.24) is 0 Å². The summed E-state index contributed by atoms with van der Waals surface area (Å²) in [6.07, 6.45) is -1.71. The number of hydrogen-bond donors (Lipinski definition) is 0. The molecule has 0 aliphatic carbocycles. The molecule has 1 heterocycles. The van der Waals surface area contributed by atoms with Gasteiger partial charge in [-0.05, 0) is 36.3 Å². The van der Waals surface area contributed by atoms with Crippen molar-refractivity contribution in [3.8, 4) is 0 Å². The van der Waals surface area contributed by atoms with Crippen LogP contribution in [-0.2, 0) is 23.4 Å². The summed E-state index contributed by atoms with van der Waals surface area (Å²) in [6, 6.07) is 11.3. The van der Waals surface area contributed by atoms with Crippen molar-refractivity contribution in [2.45, 2.75) is 106 Å². The van der Waals surface area contributed by atoms with Gasteiger partial charge in [-0.3, -0.25) is 4.79 Å². The molecule has 1 aromatic rings. The molecule has 194 valence electrons. The number of thioether (sulfide) groups is 1. The highest BCUT2D eigenvalue weighted by molar-refractivity contribution is 9.09. The number of halogens is 1. The van der Waals surface area contributed by atoms with Crippen LogP contribution in [-0.4, -0.2) is 64.1 Å². The molecular formula is C25H43BrO5SSi2. The summed E-state index contributed by atoms with van der Waals surface area (Å²) in [4.78, 5) is 13.2. The highest BCUT2D eigenvalue weighted by Gasteiger charge is 2.52. The fourth-order valence-corrected chi connectivity index (χ4v) is 7.28. The molecule has 5 atom stereocenters. The molecule has 1 aliphatic heterocycles. The minimum absolute atomic E-state index is 0.00608. The second kappa shape index (κ2) is 12.4. The number of carbonyl (C=O) groups is 1. The molecule has 2 rings (SSSR count). The van der Waals surface area contributed by atoms with Crippen molar-refractivity contribution in [1.29, 1.82) is 0 Å². The van der Waals surface area contributed by atoms with E-state index in [2.05, 4.69) is 81.6 Å². The molecule has 0 bridgehead atoms. The van der Waals surface area contributed by atoms with Crippen molar-refractivity contribution in [2.75, 3.05) is 11.9 Å². The fraction of sp³-hybridized carbons (Fsp3) is 0.720. The van der Waals surface area contributed by atoms with Gasteiger partial charge in [0.25, 0.3) is 0 Å². The second-order valence-electron chi connectivity index (χ2n) is 11.7. The number of carbonyl (C=O) groups excluding carboxylic acids is 1. The monoisotopic (exact) mass is 590 g/mol. The Kier molecular flexibility index (Phi) is 10.9. The highest BCUT2D eigenvalue weighted by Crippen LogP contribution is 2.44. The van der Waals surface area contributed by atoms with E-state index in [1.165, 1.54) is 6.92 Å². The molecule has 34 heavy (non-hydrogen) atoms. The standard InChI is InChI=1S/C25H43BrO5SSi2/c1-18(27)29-21-20(17-26)30-24(28-15-16-33(5,6)7)23(32-19-13-11-10-12-14-19)22(21)31-34(8,9)25(2,3)4/h10-14,20-24H,15-17H2,1-9H3/t20-,21-,22+,23-,24-/m1/s1. The predicted octanol–water partition coefficient (Wildman–Crippen LogP) is 6.94. The average Bonchev–Trinajstić information content (AvgIpc) is 2.70. The molecule has 9 heteroatoms. The van der Waals surface area contributed by atoms with Crippen LogP contribution in [0.15, 0.2) is 35.2 Å². The Hall–Kier alpha value is -0.166. The van der Waals surface area contributed by atoms with E-state index in [4.69, 9.17) is 18.6 Å². The van der Waals surface area contributed by atoms with Gasteiger partial charge in [-0.15, -0.1) is 11.8 Å². The van der Waals surface area contributed by atoms with Gasteiger partial charge in [0.2, 0.25) is 0 Å². The van der Waals surface area contributed by atoms with Gasteiger partial charge in [0.1, 0.15) is 12.2 Å². The van der Waals surface area contributed by atoms with Crippen molar-refractivity contribution >= 4 is 50.1 Å². The first kappa shape index (κ1) is 30.1. The van der Waals surface area contributed by atoms with Gasteiger partial charge in [-0.2, -0.15) is 0 Å². The Morgan fingerprint density at radius 1 is 1.09 bits per heavy atom. The Bertz CT molecular complexity index is 782. The lowest BCUT2D eigenvalue weighted by Crippen LogP contribution is -2.63. The van der Waals surface area contributed by atoms with E-state index < -0.39 is 28.8 Å². The molecule has 1 aliphatic rings. The molecule has 0 N–H and O–H groups in total. The summed E-state index contributed by atoms with van der Waals surface area (Å²) in [5.41, 5.74) is 0. The number of ether oxygens (including phenoxy) is 3. The maximum atomic E-state index is 12.1. The largest absolute Gasteiger partial charge is 0.457 e. The van der Waals surface area contributed by atoms with Crippen molar-refractivity contribution in [3.05, 3.63) is 30.3 Å². The first-order valence-electron chi connectivity index (χ1n) is 12.0. The molecule has 5 nitrogen and oxygen atoms in total. The Balaban J connectivity index is 2.47. The molecule has 0 saturated carbocycles. The summed E-state index contributed by atoms with van der Waals surface area (Å²) in [5, 5.41) is 0.350. The summed E-state index contributed by atoms with van der Waals surface area (Å²) < 4.78 is 25.8. The van der Waals surface area contributed by atoms with E-state index in [9.17, 15) is 4.79 Å². The minimum Gasteiger partial charge on any atom is -0.457 e. The zero-order chi connectivity index (χ0) is 25.7. The van der Waals surface area contributed by atoms with Crippen LogP contribution in [0.2, 0.25) is 43.8 Å². The molecule has 1 fully saturated rings. The molecule has 0 aromatic heterocycles. The maximum Gasteiger partial charge on any atom is 0.303 e. The quantitative estimate of drug-likeness (QED) is 0.167. The van der Waals surface area contributed by atoms with Crippen LogP contribution in [0.3, 0.4) is 0 Å². The Morgan fingerprint density at radius 3 is 2.21 bits per heavy atom. The lowest BCUT2D eigenvalue weighted by atomic mass is 10.0. The maximum absolute atomic E-state index is 12.1. The average molecular weight is 592 g/mol.